The van der Waals surface area contributed by atoms with Crippen LogP contribution >= 0.6 is 24.0 Å². The van der Waals surface area contributed by atoms with E-state index in [-0.39, 0.29) is 35.8 Å². The van der Waals surface area contributed by atoms with E-state index in [1.807, 2.05) is 13.0 Å². The van der Waals surface area contributed by atoms with E-state index in [0.717, 1.165) is 49.6 Å². The van der Waals surface area contributed by atoms with Gasteiger partial charge in [-0.15, -0.1) is 24.0 Å². The first-order valence-corrected chi connectivity index (χ1v) is 10.9. The second-order valence-corrected chi connectivity index (χ2v) is 7.48. The maximum atomic E-state index is 12.2. The quantitative estimate of drug-likeness (QED) is 0.189. The van der Waals surface area contributed by atoms with Crippen LogP contribution < -0.4 is 16.0 Å². The number of rotatable bonds is 10. The van der Waals surface area contributed by atoms with E-state index in [0.29, 0.717) is 25.6 Å². The summed E-state index contributed by atoms with van der Waals surface area (Å²) in [6, 6.07) is 2.01. The standard InChI is InChI=1S/C21H37N5O2.HI/c1-4-16(5-2)19-14-18(28-26-19)15-25-21(22-6-3)24-13-12-23-20(27)17-10-8-7-9-11-17;/h14,16-17H,4-13,15H2,1-3H3,(H,23,27)(H2,22,24,25);1H. The van der Waals surface area contributed by atoms with Gasteiger partial charge in [0, 0.05) is 37.5 Å². The topological polar surface area (TPSA) is 91.6 Å². The normalized spacial score (nSPS) is 15.1. The number of aromatic nitrogens is 1. The highest BCUT2D eigenvalue weighted by Gasteiger charge is 2.20. The van der Waals surface area contributed by atoms with Crippen LogP contribution in [0.15, 0.2) is 15.6 Å². The van der Waals surface area contributed by atoms with Crippen LogP contribution in [-0.2, 0) is 11.3 Å². The van der Waals surface area contributed by atoms with E-state index in [1.165, 1.54) is 19.3 Å². The number of nitrogens with one attached hydrogen (secondary N) is 3. The van der Waals surface area contributed by atoms with Crippen molar-refractivity contribution in [2.75, 3.05) is 19.6 Å². The minimum atomic E-state index is 0. The maximum absolute atomic E-state index is 12.2. The van der Waals surface area contributed by atoms with Crippen LogP contribution in [0.2, 0.25) is 0 Å². The first-order chi connectivity index (χ1) is 13.7. The molecule has 8 heteroatoms. The molecule has 3 N–H and O–H groups in total. The zero-order valence-electron chi connectivity index (χ0n) is 18.1. The molecule has 7 nitrogen and oxygen atoms in total. The van der Waals surface area contributed by atoms with Gasteiger partial charge in [0.05, 0.1) is 5.69 Å². The van der Waals surface area contributed by atoms with Gasteiger partial charge in [0.15, 0.2) is 11.7 Å². The van der Waals surface area contributed by atoms with Crippen molar-refractivity contribution >= 4 is 35.8 Å². The highest BCUT2D eigenvalue weighted by atomic mass is 127. The lowest BCUT2D eigenvalue weighted by Gasteiger charge is -2.20. The van der Waals surface area contributed by atoms with E-state index in [4.69, 9.17) is 4.52 Å². The van der Waals surface area contributed by atoms with Crippen molar-refractivity contribution in [2.45, 2.75) is 78.2 Å². The number of aliphatic imine (C=N–C) groups is 1. The fraction of sp³-hybridized carbons (Fsp3) is 0.762. The van der Waals surface area contributed by atoms with E-state index < -0.39 is 0 Å². The van der Waals surface area contributed by atoms with Gasteiger partial charge in [-0.3, -0.25) is 4.79 Å². The lowest BCUT2D eigenvalue weighted by Crippen LogP contribution is -2.42. The van der Waals surface area contributed by atoms with Gasteiger partial charge in [-0.1, -0.05) is 38.3 Å². The summed E-state index contributed by atoms with van der Waals surface area (Å²) in [4.78, 5) is 16.7. The molecule has 0 aliphatic heterocycles. The highest BCUT2D eigenvalue weighted by molar-refractivity contribution is 14.0. The third-order valence-electron chi connectivity index (χ3n) is 5.41. The number of carbonyl (C=O) groups excluding carboxylic acids is 1. The summed E-state index contributed by atoms with van der Waals surface area (Å²) in [5.74, 6) is 2.32. The van der Waals surface area contributed by atoms with Crippen molar-refractivity contribution in [2.24, 2.45) is 10.9 Å². The van der Waals surface area contributed by atoms with Gasteiger partial charge in [0.25, 0.3) is 0 Å². The predicted octanol–water partition coefficient (Wildman–Crippen LogP) is 3.95. The Morgan fingerprint density at radius 3 is 2.48 bits per heavy atom. The van der Waals surface area contributed by atoms with E-state index >= 15 is 0 Å². The second kappa shape index (κ2) is 14.6. The summed E-state index contributed by atoms with van der Waals surface area (Å²) in [6.45, 7) is 8.82. The molecule has 1 aromatic heterocycles. The van der Waals surface area contributed by atoms with Crippen LogP contribution in [0, 0.1) is 5.92 Å². The number of halogens is 1. The molecule has 1 aromatic rings. The largest absolute Gasteiger partial charge is 0.359 e. The molecular weight excluding hydrogens is 481 g/mol. The van der Waals surface area contributed by atoms with Crippen LogP contribution in [0.25, 0.3) is 0 Å². The second-order valence-electron chi connectivity index (χ2n) is 7.48. The number of hydrogen-bond donors (Lipinski definition) is 3. The molecule has 1 aliphatic rings. The molecule has 0 bridgehead atoms. The Bertz CT molecular complexity index is 610. The molecule has 166 valence electrons. The van der Waals surface area contributed by atoms with Crippen molar-refractivity contribution < 1.29 is 9.32 Å². The summed E-state index contributed by atoms with van der Waals surface area (Å²) in [6.07, 6.45) is 7.78. The summed E-state index contributed by atoms with van der Waals surface area (Å²) in [7, 11) is 0. The lowest BCUT2D eigenvalue weighted by atomic mass is 9.89. The summed E-state index contributed by atoms with van der Waals surface area (Å²) >= 11 is 0. The number of hydrogen-bond acceptors (Lipinski definition) is 4. The van der Waals surface area contributed by atoms with Gasteiger partial charge in [0.1, 0.15) is 6.54 Å². The van der Waals surface area contributed by atoms with E-state index in [2.05, 4.69) is 39.9 Å². The Kier molecular flexibility index (Phi) is 13.0. The molecule has 29 heavy (non-hydrogen) atoms. The average molecular weight is 519 g/mol. The van der Waals surface area contributed by atoms with Crippen LogP contribution in [0.1, 0.15) is 83.1 Å². The lowest BCUT2D eigenvalue weighted by molar-refractivity contribution is -0.125. The van der Waals surface area contributed by atoms with Crippen molar-refractivity contribution in [3.8, 4) is 0 Å². The van der Waals surface area contributed by atoms with Gasteiger partial charge in [-0.05, 0) is 32.6 Å². The molecule has 0 atom stereocenters. The van der Waals surface area contributed by atoms with Crippen LogP contribution in [-0.4, -0.2) is 36.7 Å². The Balaban J connectivity index is 0.00000420. The van der Waals surface area contributed by atoms with Gasteiger partial charge in [-0.25, -0.2) is 4.99 Å². The molecule has 1 heterocycles. The minimum absolute atomic E-state index is 0. The zero-order chi connectivity index (χ0) is 20.2. The van der Waals surface area contributed by atoms with Gasteiger partial charge in [0.2, 0.25) is 5.91 Å². The average Bonchev–Trinajstić information content (AvgIpc) is 3.19. The SMILES string of the molecule is CCNC(=NCc1cc(C(CC)CC)no1)NCCNC(=O)C1CCCCC1.I. The smallest absolute Gasteiger partial charge is 0.223 e. The molecule has 1 fully saturated rings. The number of guanidine groups is 1. The first-order valence-electron chi connectivity index (χ1n) is 10.9. The van der Waals surface area contributed by atoms with Crippen molar-refractivity contribution in [3.63, 3.8) is 0 Å². The molecule has 0 aromatic carbocycles. The summed E-state index contributed by atoms with van der Waals surface area (Å²) in [5.41, 5.74) is 1.01. The third-order valence-corrected chi connectivity index (χ3v) is 5.41. The number of amides is 1. The predicted molar refractivity (Wildman–Crippen MR) is 128 cm³/mol. The molecule has 0 saturated heterocycles. The van der Waals surface area contributed by atoms with Crippen LogP contribution in [0.4, 0.5) is 0 Å². The molecule has 1 aliphatic carbocycles. The van der Waals surface area contributed by atoms with Gasteiger partial charge >= 0.3 is 0 Å². The molecule has 1 amide bonds. The van der Waals surface area contributed by atoms with Crippen molar-refractivity contribution in [3.05, 3.63) is 17.5 Å². The maximum Gasteiger partial charge on any atom is 0.223 e. The number of carbonyl (C=O) groups is 1. The van der Waals surface area contributed by atoms with Crippen LogP contribution in [0.3, 0.4) is 0 Å². The summed E-state index contributed by atoms with van der Waals surface area (Å²) in [5, 5.41) is 13.7. The van der Waals surface area contributed by atoms with Gasteiger partial charge < -0.3 is 20.5 Å². The summed E-state index contributed by atoms with van der Waals surface area (Å²) < 4.78 is 5.43. The Morgan fingerprint density at radius 2 is 1.83 bits per heavy atom. The monoisotopic (exact) mass is 519 g/mol. The number of nitrogens with zero attached hydrogens (tertiary/aromatic N) is 2. The minimum Gasteiger partial charge on any atom is -0.359 e. The molecular formula is C21H38IN5O2. The van der Waals surface area contributed by atoms with Gasteiger partial charge in [-0.2, -0.15) is 0 Å². The van der Waals surface area contributed by atoms with E-state index in [9.17, 15) is 4.79 Å². The molecule has 0 radical (unpaired) electrons. The Hall–Kier alpha value is -1.32. The van der Waals surface area contributed by atoms with Crippen molar-refractivity contribution in [1.29, 1.82) is 0 Å². The molecule has 0 unspecified atom stereocenters. The Morgan fingerprint density at radius 1 is 1.14 bits per heavy atom. The fourth-order valence-electron chi connectivity index (χ4n) is 3.68. The fourth-order valence-corrected chi connectivity index (χ4v) is 3.68. The zero-order valence-corrected chi connectivity index (χ0v) is 20.5. The van der Waals surface area contributed by atoms with E-state index in [1.54, 1.807) is 0 Å². The molecule has 0 spiro atoms. The first kappa shape index (κ1) is 25.7. The third kappa shape index (κ3) is 8.92. The van der Waals surface area contributed by atoms with Crippen molar-refractivity contribution in [1.82, 2.24) is 21.1 Å². The Labute approximate surface area is 192 Å². The molecule has 2 rings (SSSR count). The highest BCUT2D eigenvalue weighted by Crippen LogP contribution is 2.23. The molecule has 1 saturated carbocycles. The van der Waals surface area contributed by atoms with Crippen LogP contribution in [0.5, 0.6) is 0 Å².